The van der Waals surface area contributed by atoms with Gasteiger partial charge in [0.15, 0.2) is 0 Å². The lowest BCUT2D eigenvalue weighted by Gasteiger charge is -2.31. The zero-order chi connectivity index (χ0) is 16.2. The van der Waals surface area contributed by atoms with Crippen LogP contribution in [0.4, 0.5) is 4.39 Å². The summed E-state index contributed by atoms with van der Waals surface area (Å²) in [5, 5.41) is 0. The highest BCUT2D eigenvalue weighted by molar-refractivity contribution is 7.89. The summed E-state index contributed by atoms with van der Waals surface area (Å²) in [6, 6.07) is 4.45. The number of halogens is 2. The quantitative estimate of drug-likeness (QED) is 0.782. The third kappa shape index (κ3) is 4.87. The van der Waals surface area contributed by atoms with Gasteiger partial charge in [0.25, 0.3) is 0 Å². The number of benzene rings is 1. The van der Waals surface area contributed by atoms with E-state index in [0.717, 1.165) is 6.42 Å². The van der Waals surface area contributed by atoms with Crippen LogP contribution in [0.3, 0.4) is 0 Å². The second-order valence-electron chi connectivity index (χ2n) is 5.50. The van der Waals surface area contributed by atoms with E-state index in [4.69, 9.17) is 10.5 Å². The number of nitrogens with zero attached hydrogens (tertiary/aromatic N) is 1. The molecule has 132 valence electrons. The van der Waals surface area contributed by atoms with Gasteiger partial charge in [-0.2, -0.15) is 4.31 Å². The highest BCUT2D eigenvalue weighted by Crippen LogP contribution is 2.25. The van der Waals surface area contributed by atoms with E-state index in [0.29, 0.717) is 44.6 Å². The van der Waals surface area contributed by atoms with Gasteiger partial charge >= 0.3 is 0 Å². The van der Waals surface area contributed by atoms with Crippen LogP contribution in [0.25, 0.3) is 0 Å². The van der Waals surface area contributed by atoms with Gasteiger partial charge < -0.3 is 10.5 Å². The second-order valence-corrected chi connectivity index (χ2v) is 7.41. The van der Waals surface area contributed by atoms with Crippen molar-refractivity contribution < 1.29 is 17.5 Å². The Kier molecular flexibility index (Phi) is 7.89. The van der Waals surface area contributed by atoms with Crippen LogP contribution in [0, 0.1) is 12.7 Å². The number of rotatable bonds is 6. The topological polar surface area (TPSA) is 72.6 Å². The first-order valence-corrected chi connectivity index (χ1v) is 8.97. The number of ether oxygens (including phenoxy) is 1. The number of aryl methyl sites for hydroxylation is 1. The third-order valence-corrected chi connectivity index (χ3v) is 5.79. The van der Waals surface area contributed by atoms with Gasteiger partial charge in [-0.3, -0.25) is 0 Å². The molecule has 1 fully saturated rings. The van der Waals surface area contributed by atoms with Crippen LogP contribution < -0.4 is 5.73 Å². The van der Waals surface area contributed by atoms with Crippen molar-refractivity contribution in [2.45, 2.75) is 37.2 Å². The molecule has 1 aliphatic rings. The lowest BCUT2D eigenvalue weighted by atomic mass is 10.1. The molecule has 1 heterocycles. The minimum Gasteiger partial charge on any atom is -0.378 e. The standard InChI is InChI=1S/C15H23FN2O3S.ClH/c1-12-4-2-5-14(15(12)16)22(19,20)18-9-6-13(7-10-18)21-11-3-8-17;/h2,4-5,13H,3,6-11,17H2,1H3;1H. The fourth-order valence-electron chi connectivity index (χ4n) is 2.53. The van der Waals surface area contributed by atoms with Crippen molar-refractivity contribution in [2.75, 3.05) is 26.2 Å². The second kappa shape index (κ2) is 8.94. The van der Waals surface area contributed by atoms with Gasteiger partial charge in [0, 0.05) is 19.7 Å². The van der Waals surface area contributed by atoms with Gasteiger partial charge in [-0.25, -0.2) is 12.8 Å². The maximum atomic E-state index is 14.1. The molecule has 2 N–H and O–H groups in total. The molecule has 0 saturated carbocycles. The van der Waals surface area contributed by atoms with Gasteiger partial charge in [0.2, 0.25) is 10.0 Å². The Bertz CT molecular complexity index is 605. The number of sulfonamides is 1. The Labute approximate surface area is 143 Å². The SMILES string of the molecule is Cc1cccc(S(=O)(=O)N2CCC(OCCCN)CC2)c1F.Cl. The molecule has 0 aromatic heterocycles. The molecule has 0 unspecified atom stereocenters. The maximum Gasteiger partial charge on any atom is 0.245 e. The molecule has 23 heavy (non-hydrogen) atoms. The van der Waals surface area contributed by atoms with Gasteiger partial charge in [-0.1, -0.05) is 12.1 Å². The Hall–Kier alpha value is -0.730. The first-order chi connectivity index (χ1) is 10.5. The summed E-state index contributed by atoms with van der Waals surface area (Å²) in [6.45, 7) is 3.44. The summed E-state index contributed by atoms with van der Waals surface area (Å²) < 4.78 is 46.2. The summed E-state index contributed by atoms with van der Waals surface area (Å²) in [6.07, 6.45) is 2.10. The molecule has 1 saturated heterocycles. The van der Waals surface area contributed by atoms with Crippen molar-refractivity contribution in [3.8, 4) is 0 Å². The van der Waals surface area contributed by atoms with Crippen LogP contribution in [0.15, 0.2) is 23.1 Å². The van der Waals surface area contributed by atoms with E-state index in [1.165, 1.54) is 10.4 Å². The summed E-state index contributed by atoms with van der Waals surface area (Å²) in [4.78, 5) is -0.241. The fraction of sp³-hybridized carbons (Fsp3) is 0.600. The van der Waals surface area contributed by atoms with Gasteiger partial charge in [0.05, 0.1) is 6.10 Å². The Morgan fingerprint density at radius 1 is 1.35 bits per heavy atom. The molecule has 0 bridgehead atoms. The van der Waals surface area contributed by atoms with Gasteiger partial charge in [0.1, 0.15) is 10.7 Å². The summed E-state index contributed by atoms with van der Waals surface area (Å²) >= 11 is 0. The Morgan fingerprint density at radius 2 is 2.00 bits per heavy atom. The number of piperidine rings is 1. The minimum atomic E-state index is -3.78. The smallest absolute Gasteiger partial charge is 0.245 e. The molecule has 1 aliphatic heterocycles. The molecule has 1 aromatic carbocycles. The molecule has 0 aliphatic carbocycles. The third-order valence-electron chi connectivity index (χ3n) is 3.88. The zero-order valence-electron chi connectivity index (χ0n) is 13.2. The van der Waals surface area contributed by atoms with E-state index < -0.39 is 15.8 Å². The number of hydrogen-bond acceptors (Lipinski definition) is 4. The molecule has 0 radical (unpaired) electrons. The summed E-state index contributed by atoms with van der Waals surface area (Å²) in [7, 11) is -3.78. The largest absolute Gasteiger partial charge is 0.378 e. The molecular formula is C15H24ClFN2O3S. The molecule has 1 aromatic rings. The highest BCUT2D eigenvalue weighted by atomic mass is 35.5. The molecule has 0 spiro atoms. The van der Waals surface area contributed by atoms with Crippen LogP contribution in [0.1, 0.15) is 24.8 Å². The molecule has 2 rings (SSSR count). The van der Waals surface area contributed by atoms with Crippen molar-refractivity contribution in [1.82, 2.24) is 4.31 Å². The number of hydrogen-bond donors (Lipinski definition) is 1. The normalized spacial score (nSPS) is 17.0. The molecular weight excluding hydrogens is 343 g/mol. The monoisotopic (exact) mass is 366 g/mol. The summed E-state index contributed by atoms with van der Waals surface area (Å²) in [5.74, 6) is -0.663. The molecule has 0 amide bonds. The Morgan fingerprint density at radius 3 is 2.61 bits per heavy atom. The average molecular weight is 367 g/mol. The molecule has 5 nitrogen and oxygen atoms in total. The fourth-order valence-corrected chi connectivity index (χ4v) is 4.14. The van der Waals surface area contributed by atoms with Crippen LogP contribution in [-0.4, -0.2) is 45.1 Å². The van der Waals surface area contributed by atoms with Crippen molar-refractivity contribution in [3.63, 3.8) is 0 Å². The lowest BCUT2D eigenvalue weighted by molar-refractivity contribution is 0.0208. The lowest BCUT2D eigenvalue weighted by Crippen LogP contribution is -2.41. The van der Waals surface area contributed by atoms with E-state index in [2.05, 4.69) is 0 Å². The maximum absolute atomic E-state index is 14.1. The predicted molar refractivity (Wildman–Crippen MR) is 89.8 cm³/mol. The van der Waals surface area contributed by atoms with E-state index >= 15 is 0 Å². The van der Waals surface area contributed by atoms with Crippen LogP contribution >= 0.6 is 12.4 Å². The van der Waals surface area contributed by atoms with Crippen LogP contribution in [0.2, 0.25) is 0 Å². The van der Waals surface area contributed by atoms with Crippen molar-refractivity contribution in [3.05, 3.63) is 29.6 Å². The van der Waals surface area contributed by atoms with E-state index in [1.54, 1.807) is 19.1 Å². The van der Waals surface area contributed by atoms with E-state index in [9.17, 15) is 12.8 Å². The minimum absolute atomic E-state index is 0. The van der Waals surface area contributed by atoms with E-state index in [-0.39, 0.29) is 23.4 Å². The van der Waals surface area contributed by atoms with Crippen molar-refractivity contribution >= 4 is 22.4 Å². The van der Waals surface area contributed by atoms with Gasteiger partial charge in [-0.15, -0.1) is 12.4 Å². The van der Waals surface area contributed by atoms with E-state index in [1.807, 2.05) is 0 Å². The Balaban J connectivity index is 0.00000264. The predicted octanol–water partition coefficient (Wildman–Crippen LogP) is 2.07. The van der Waals surface area contributed by atoms with Crippen molar-refractivity contribution in [2.24, 2.45) is 5.73 Å². The molecule has 0 atom stereocenters. The summed E-state index contributed by atoms with van der Waals surface area (Å²) in [5.41, 5.74) is 5.75. The molecule has 8 heteroatoms. The first kappa shape index (κ1) is 20.3. The first-order valence-electron chi connectivity index (χ1n) is 7.53. The number of nitrogens with two attached hydrogens (primary N) is 1. The van der Waals surface area contributed by atoms with Crippen LogP contribution in [-0.2, 0) is 14.8 Å². The average Bonchev–Trinajstić information content (AvgIpc) is 2.50. The van der Waals surface area contributed by atoms with Gasteiger partial charge in [-0.05, 0) is 44.4 Å². The zero-order valence-corrected chi connectivity index (χ0v) is 14.8. The van der Waals surface area contributed by atoms with Crippen LogP contribution in [0.5, 0.6) is 0 Å². The van der Waals surface area contributed by atoms with Crippen molar-refractivity contribution in [1.29, 1.82) is 0 Å². The highest BCUT2D eigenvalue weighted by Gasteiger charge is 2.31.